The van der Waals surface area contributed by atoms with Gasteiger partial charge in [-0.25, -0.2) is 0 Å². The van der Waals surface area contributed by atoms with Crippen LogP contribution in [-0.2, 0) is 0 Å². The number of rotatable bonds is 7. The minimum Gasteiger partial charge on any atom is -0.508 e. The molecule has 4 nitrogen and oxygen atoms in total. The molecule has 1 N–H and O–H groups in total. The van der Waals surface area contributed by atoms with E-state index in [1.807, 2.05) is 36.4 Å². The summed E-state index contributed by atoms with van der Waals surface area (Å²) in [5.41, 5.74) is 3.17. The van der Waals surface area contributed by atoms with Gasteiger partial charge >= 0.3 is 0 Å². The summed E-state index contributed by atoms with van der Waals surface area (Å²) < 4.78 is 18.3. The minimum absolute atomic E-state index is 0.143. The minimum atomic E-state index is -0.143. The van der Waals surface area contributed by atoms with Crippen LogP contribution in [0.2, 0.25) is 0 Å². The lowest BCUT2D eigenvalue weighted by molar-refractivity contribution is 0.363. The van der Waals surface area contributed by atoms with Crippen LogP contribution in [0.15, 0.2) is 110 Å². The molecule has 0 aromatic heterocycles. The molecule has 4 heteroatoms. The van der Waals surface area contributed by atoms with Gasteiger partial charge in [0, 0.05) is 17.0 Å². The largest absolute Gasteiger partial charge is 0.508 e. The van der Waals surface area contributed by atoms with Crippen LogP contribution >= 0.6 is 0 Å². The second kappa shape index (κ2) is 9.40. The van der Waals surface area contributed by atoms with E-state index in [0.29, 0.717) is 13.2 Å². The summed E-state index contributed by atoms with van der Waals surface area (Å²) in [5.74, 6) is 3.24. The fourth-order valence-electron chi connectivity index (χ4n) is 5.13. The van der Waals surface area contributed by atoms with Gasteiger partial charge in [-0.15, -0.1) is 0 Å². The molecule has 1 aliphatic heterocycles. The molecule has 0 bridgehead atoms. The number of hydrogen-bond donors (Lipinski definition) is 1. The zero-order valence-electron chi connectivity index (χ0n) is 20.3. The normalized spacial score (nSPS) is 12.4. The van der Waals surface area contributed by atoms with E-state index >= 15 is 0 Å². The highest BCUT2D eigenvalue weighted by Gasteiger charge is 2.32. The first-order valence-corrected chi connectivity index (χ1v) is 12.2. The molecule has 0 saturated carbocycles. The second-order valence-electron chi connectivity index (χ2n) is 9.05. The van der Waals surface area contributed by atoms with Crippen molar-refractivity contribution in [3.8, 4) is 28.7 Å². The van der Waals surface area contributed by atoms with Crippen LogP contribution in [0, 0.1) is 0 Å². The van der Waals surface area contributed by atoms with Crippen LogP contribution in [-0.4, -0.2) is 18.3 Å². The summed E-state index contributed by atoms with van der Waals surface area (Å²) in [6, 6.07) is 27.9. The highest BCUT2D eigenvalue weighted by Crippen LogP contribution is 2.52. The van der Waals surface area contributed by atoms with Crippen molar-refractivity contribution in [1.82, 2.24) is 0 Å². The van der Waals surface area contributed by atoms with Crippen molar-refractivity contribution < 1.29 is 19.3 Å². The van der Waals surface area contributed by atoms with Crippen molar-refractivity contribution in [2.24, 2.45) is 0 Å². The standard InChI is InChI=1S/C33H26O4/c1-3-17-35-25-13-7-21-9-15-29-32(27(21)19-25)31(23-5-11-24(34)12-6-23)33-28-20-26(36-18-4-2)14-8-22(28)10-16-30(33)37-29/h3-16,19-20,31,34H,1-2,17-18H2. The average molecular weight is 487 g/mol. The molecule has 0 aliphatic carbocycles. The van der Waals surface area contributed by atoms with Crippen molar-refractivity contribution in [3.05, 3.63) is 127 Å². The third-order valence-electron chi connectivity index (χ3n) is 6.75. The van der Waals surface area contributed by atoms with Crippen LogP contribution in [0.1, 0.15) is 22.6 Å². The van der Waals surface area contributed by atoms with E-state index in [-0.39, 0.29) is 11.7 Å². The fraction of sp³-hybridized carbons (Fsp3) is 0.0909. The van der Waals surface area contributed by atoms with E-state index in [4.69, 9.17) is 14.2 Å². The Morgan fingerprint density at radius 2 is 1.16 bits per heavy atom. The smallest absolute Gasteiger partial charge is 0.132 e. The Bertz CT molecular complexity index is 1550. The van der Waals surface area contributed by atoms with Gasteiger partial charge < -0.3 is 19.3 Å². The molecule has 0 radical (unpaired) electrons. The molecule has 6 rings (SSSR count). The van der Waals surface area contributed by atoms with Crippen LogP contribution in [0.3, 0.4) is 0 Å². The first kappa shape index (κ1) is 22.7. The number of aromatic hydroxyl groups is 1. The zero-order valence-corrected chi connectivity index (χ0v) is 20.3. The van der Waals surface area contributed by atoms with Crippen LogP contribution in [0.25, 0.3) is 21.5 Å². The summed E-state index contributed by atoms with van der Waals surface area (Å²) in [5, 5.41) is 14.3. The van der Waals surface area contributed by atoms with E-state index < -0.39 is 0 Å². The van der Waals surface area contributed by atoms with Gasteiger partial charge in [-0.2, -0.15) is 0 Å². The van der Waals surface area contributed by atoms with Crippen molar-refractivity contribution in [1.29, 1.82) is 0 Å². The highest BCUT2D eigenvalue weighted by molar-refractivity contribution is 5.96. The van der Waals surface area contributed by atoms with Gasteiger partial charge in [0.1, 0.15) is 42.0 Å². The third-order valence-corrected chi connectivity index (χ3v) is 6.75. The van der Waals surface area contributed by atoms with Gasteiger partial charge in [-0.3, -0.25) is 0 Å². The Labute approximate surface area is 215 Å². The Kier molecular flexibility index (Phi) is 5.78. The number of fused-ring (bicyclic) bond motifs is 6. The predicted octanol–water partition coefficient (Wildman–Crippen LogP) is 8.11. The Morgan fingerprint density at radius 3 is 1.65 bits per heavy atom. The third kappa shape index (κ3) is 4.07. The first-order chi connectivity index (χ1) is 18.2. The molecular formula is C33H26O4. The number of benzene rings is 5. The van der Waals surface area contributed by atoms with Crippen molar-refractivity contribution in [2.75, 3.05) is 13.2 Å². The van der Waals surface area contributed by atoms with Crippen LogP contribution in [0.4, 0.5) is 0 Å². The average Bonchev–Trinajstić information content (AvgIpc) is 2.93. The molecule has 5 aromatic rings. The quantitative estimate of drug-likeness (QED) is 0.232. The van der Waals surface area contributed by atoms with Crippen molar-refractivity contribution >= 4 is 21.5 Å². The zero-order chi connectivity index (χ0) is 25.4. The first-order valence-electron chi connectivity index (χ1n) is 12.2. The Morgan fingerprint density at radius 1 is 0.676 bits per heavy atom. The predicted molar refractivity (Wildman–Crippen MR) is 148 cm³/mol. The maximum Gasteiger partial charge on any atom is 0.132 e. The van der Waals surface area contributed by atoms with Gasteiger partial charge in [0.15, 0.2) is 0 Å². The molecule has 1 aliphatic rings. The highest BCUT2D eigenvalue weighted by atomic mass is 16.5. The van der Waals surface area contributed by atoms with Crippen molar-refractivity contribution in [3.63, 3.8) is 0 Å². The number of ether oxygens (including phenoxy) is 3. The van der Waals surface area contributed by atoms with E-state index in [1.165, 1.54) is 0 Å². The number of hydrogen-bond acceptors (Lipinski definition) is 4. The lowest BCUT2D eigenvalue weighted by atomic mass is 9.78. The molecule has 0 amide bonds. The molecule has 0 atom stereocenters. The number of phenols is 1. The monoisotopic (exact) mass is 486 g/mol. The fourth-order valence-corrected chi connectivity index (χ4v) is 5.13. The molecule has 182 valence electrons. The Hall–Kier alpha value is -4.70. The van der Waals surface area contributed by atoms with E-state index in [9.17, 15) is 5.11 Å². The van der Waals surface area contributed by atoms with Crippen LogP contribution < -0.4 is 14.2 Å². The van der Waals surface area contributed by atoms with Crippen molar-refractivity contribution in [2.45, 2.75) is 5.92 Å². The maximum atomic E-state index is 10.1. The number of phenolic OH excluding ortho intramolecular Hbond substituents is 1. The molecule has 1 heterocycles. The van der Waals surface area contributed by atoms with Gasteiger partial charge in [-0.05, 0) is 75.6 Å². The van der Waals surface area contributed by atoms with Gasteiger partial charge in [0.05, 0.1) is 0 Å². The maximum absolute atomic E-state index is 10.1. The molecule has 0 unspecified atom stereocenters. The summed E-state index contributed by atoms with van der Waals surface area (Å²) in [7, 11) is 0. The molecule has 0 spiro atoms. The Balaban J connectivity index is 1.64. The summed E-state index contributed by atoms with van der Waals surface area (Å²) in [4.78, 5) is 0. The molecular weight excluding hydrogens is 460 g/mol. The van der Waals surface area contributed by atoms with E-state index in [2.05, 4.69) is 49.6 Å². The summed E-state index contributed by atoms with van der Waals surface area (Å²) in [6.45, 7) is 8.39. The SMILES string of the molecule is C=CCOc1ccc2ccc3c(c2c1)C(c1ccc(O)cc1)c1c(ccc2ccc(OCC=C)cc12)O3. The summed E-state index contributed by atoms with van der Waals surface area (Å²) >= 11 is 0. The van der Waals surface area contributed by atoms with E-state index in [0.717, 1.165) is 61.2 Å². The molecule has 0 fully saturated rings. The van der Waals surface area contributed by atoms with E-state index in [1.54, 1.807) is 24.3 Å². The second-order valence-corrected chi connectivity index (χ2v) is 9.05. The summed E-state index contributed by atoms with van der Waals surface area (Å²) in [6.07, 6.45) is 3.48. The van der Waals surface area contributed by atoms with Crippen LogP contribution in [0.5, 0.6) is 28.7 Å². The van der Waals surface area contributed by atoms with Gasteiger partial charge in [0.2, 0.25) is 0 Å². The molecule has 5 aromatic carbocycles. The lowest BCUT2D eigenvalue weighted by Gasteiger charge is -2.31. The van der Waals surface area contributed by atoms with Gasteiger partial charge in [0.25, 0.3) is 0 Å². The van der Waals surface area contributed by atoms with Gasteiger partial charge in [-0.1, -0.05) is 61.7 Å². The molecule has 0 saturated heterocycles. The lowest BCUT2D eigenvalue weighted by Crippen LogP contribution is -2.13. The molecule has 37 heavy (non-hydrogen) atoms. The topological polar surface area (TPSA) is 47.9 Å².